The van der Waals surface area contributed by atoms with Crippen molar-refractivity contribution in [2.24, 2.45) is 5.92 Å². The largest absolute Gasteiger partial charge is 0.380 e. The van der Waals surface area contributed by atoms with Crippen molar-refractivity contribution >= 4 is 17.3 Å². The first-order chi connectivity index (χ1) is 8.18. The zero-order valence-corrected chi connectivity index (χ0v) is 10.9. The van der Waals surface area contributed by atoms with Crippen molar-refractivity contribution in [1.82, 2.24) is 0 Å². The van der Waals surface area contributed by atoms with Gasteiger partial charge in [0.2, 0.25) is 0 Å². The van der Waals surface area contributed by atoms with E-state index in [1.807, 2.05) is 0 Å². The molecule has 1 aliphatic carbocycles. The van der Waals surface area contributed by atoms with Crippen molar-refractivity contribution in [2.75, 3.05) is 5.32 Å². The summed E-state index contributed by atoms with van der Waals surface area (Å²) in [6.45, 7) is 2.14. The SMILES string of the molecule is CC(Nc1cccc(Cl)c1F)C1CCCCC1. The van der Waals surface area contributed by atoms with Gasteiger partial charge < -0.3 is 5.32 Å². The average Bonchev–Trinajstić information content (AvgIpc) is 2.36. The summed E-state index contributed by atoms with van der Waals surface area (Å²) in [6.07, 6.45) is 6.44. The number of hydrogen-bond acceptors (Lipinski definition) is 1. The Morgan fingerprint density at radius 3 is 2.71 bits per heavy atom. The number of anilines is 1. The predicted octanol–water partition coefficient (Wildman–Crippen LogP) is 4.86. The maximum absolute atomic E-state index is 13.7. The Kier molecular flexibility index (Phi) is 4.27. The van der Waals surface area contributed by atoms with Gasteiger partial charge in [-0.05, 0) is 37.8 Å². The van der Waals surface area contributed by atoms with Crippen LogP contribution < -0.4 is 5.32 Å². The zero-order valence-electron chi connectivity index (χ0n) is 10.2. The number of rotatable bonds is 3. The topological polar surface area (TPSA) is 12.0 Å². The van der Waals surface area contributed by atoms with Crippen molar-refractivity contribution in [1.29, 1.82) is 0 Å². The van der Waals surface area contributed by atoms with Gasteiger partial charge in [0.25, 0.3) is 0 Å². The molecule has 1 aliphatic rings. The monoisotopic (exact) mass is 255 g/mol. The molecule has 0 radical (unpaired) electrons. The van der Waals surface area contributed by atoms with Gasteiger partial charge in [0, 0.05) is 6.04 Å². The maximum atomic E-state index is 13.7. The highest BCUT2D eigenvalue weighted by atomic mass is 35.5. The lowest BCUT2D eigenvalue weighted by Crippen LogP contribution is -2.28. The van der Waals surface area contributed by atoms with E-state index in [1.165, 1.54) is 32.1 Å². The van der Waals surface area contributed by atoms with E-state index in [4.69, 9.17) is 11.6 Å². The van der Waals surface area contributed by atoms with Crippen LogP contribution in [0.4, 0.5) is 10.1 Å². The number of hydrogen-bond donors (Lipinski definition) is 1. The van der Waals surface area contributed by atoms with Crippen LogP contribution in [0.15, 0.2) is 18.2 Å². The quantitative estimate of drug-likeness (QED) is 0.813. The maximum Gasteiger partial charge on any atom is 0.164 e. The molecule has 1 N–H and O–H groups in total. The summed E-state index contributed by atoms with van der Waals surface area (Å²) in [7, 11) is 0. The second kappa shape index (κ2) is 5.72. The van der Waals surface area contributed by atoms with Crippen molar-refractivity contribution in [3.63, 3.8) is 0 Å². The van der Waals surface area contributed by atoms with Gasteiger partial charge in [-0.25, -0.2) is 4.39 Å². The van der Waals surface area contributed by atoms with Crippen molar-refractivity contribution in [3.05, 3.63) is 29.0 Å². The minimum atomic E-state index is -0.336. The summed E-state index contributed by atoms with van der Waals surface area (Å²) in [4.78, 5) is 0. The molecule has 0 aromatic heterocycles. The van der Waals surface area contributed by atoms with E-state index in [-0.39, 0.29) is 10.8 Å². The minimum Gasteiger partial charge on any atom is -0.380 e. The van der Waals surface area contributed by atoms with Crippen LogP contribution in [0, 0.1) is 11.7 Å². The molecule has 1 atom stereocenters. The predicted molar refractivity (Wildman–Crippen MR) is 71.1 cm³/mol. The molecule has 1 saturated carbocycles. The van der Waals surface area contributed by atoms with E-state index >= 15 is 0 Å². The lowest BCUT2D eigenvalue weighted by molar-refractivity contribution is 0.328. The third kappa shape index (κ3) is 3.12. The summed E-state index contributed by atoms with van der Waals surface area (Å²) in [5.74, 6) is 0.318. The van der Waals surface area contributed by atoms with E-state index in [0.717, 1.165) is 0 Å². The minimum absolute atomic E-state index is 0.186. The Morgan fingerprint density at radius 2 is 2.00 bits per heavy atom. The van der Waals surface area contributed by atoms with Crippen LogP contribution in [0.3, 0.4) is 0 Å². The Bertz CT molecular complexity index is 374. The van der Waals surface area contributed by atoms with Gasteiger partial charge in [-0.3, -0.25) is 0 Å². The van der Waals surface area contributed by atoms with Gasteiger partial charge in [0.15, 0.2) is 5.82 Å². The van der Waals surface area contributed by atoms with Crippen LogP contribution >= 0.6 is 11.6 Å². The van der Waals surface area contributed by atoms with E-state index < -0.39 is 0 Å². The normalized spacial score (nSPS) is 19.0. The van der Waals surface area contributed by atoms with Crippen LogP contribution in [0.2, 0.25) is 5.02 Å². The number of halogens is 2. The Labute approximate surface area is 107 Å². The fourth-order valence-corrected chi connectivity index (χ4v) is 2.79. The fraction of sp³-hybridized carbons (Fsp3) is 0.571. The molecule has 1 aromatic rings. The number of benzene rings is 1. The fourth-order valence-electron chi connectivity index (χ4n) is 2.61. The van der Waals surface area contributed by atoms with Crippen LogP contribution in [0.25, 0.3) is 0 Å². The second-order valence-corrected chi connectivity index (χ2v) is 5.34. The first-order valence-electron chi connectivity index (χ1n) is 6.39. The molecular formula is C14H19ClFN. The highest BCUT2D eigenvalue weighted by molar-refractivity contribution is 6.31. The third-order valence-corrected chi connectivity index (χ3v) is 3.98. The number of nitrogens with one attached hydrogen (secondary N) is 1. The summed E-state index contributed by atoms with van der Waals surface area (Å²) < 4.78 is 13.7. The molecule has 0 bridgehead atoms. The molecule has 1 unspecified atom stereocenters. The lowest BCUT2D eigenvalue weighted by Gasteiger charge is -2.29. The molecular weight excluding hydrogens is 237 g/mol. The van der Waals surface area contributed by atoms with Crippen LogP contribution in [0.1, 0.15) is 39.0 Å². The van der Waals surface area contributed by atoms with Gasteiger partial charge in [0.1, 0.15) is 0 Å². The molecule has 1 aromatic carbocycles. The molecule has 2 rings (SSSR count). The summed E-state index contributed by atoms with van der Waals surface area (Å²) >= 11 is 5.77. The van der Waals surface area contributed by atoms with Gasteiger partial charge in [-0.2, -0.15) is 0 Å². The molecule has 1 nitrogen and oxygen atoms in total. The van der Waals surface area contributed by atoms with Crippen LogP contribution in [-0.4, -0.2) is 6.04 Å². The Morgan fingerprint density at radius 1 is 1.29 bits per heavy atom. The molecule has 94 valence electrons. The van der Waals surface area contributed by atoms with Crippen LogP contribution in [0.5, 0.6) is 0 Å². The van der Waals surface area contributed by atoms with Gasteiger partial charge in [-0.15, -0.1) is 0 Å². The molecule has 0 spiro atoms. The molecule has 0 aliphatic heterocycles. The highest BCUT2D eigenvalue weighted by Crippen LogP contribution is 2.29. The summed E-state index contributed by atoms with van der Waals surface area (Å²) in [5.41, 5.74) is 0.524. The van der Waals surface area contributed by atoms with Gasteiger partial charge >= 0.3 is 0 Å². The molecule has 1 fully saturated rings. The van der Waals surface area contributed by atoms with Crippen molar-refractivity contribution < 1.29 is 4.39 Å². The third-order valence-electron chi connectivity index (χ3n) is 3.69. The molecule has 0 amide bonds. The highest BCUT2D eigenvalue weighted by Gasteiger charge is 2.20. The molecule has 0 heterocycles. The Hall–Kier alpha value is -0.760. The Balaban J connectivity index is 2.01. The first kappa shape index (κ1) is 12.7. The van der Waals surface area contributed by atoms with Gasteiger partial charge in [0.05, 0.1) is 10.7 Å². The molecule has 0 saturated heterocycles. The lowest BCUT2D eigenvalue weighted by atomic mass is 9.84. The van der Waals surface area contributed by atoms with Crippen molar-refractivity contribution in [2.45, 2.75) is 45.1 Å². The summed E-state index contributed by atoms with van der Waals surface area (Å²) in [6, 6.07) is 5.41. The summed E-state index contributed by atoms with van der Waals surface area (Å²) in [5, 5.41) is 3.45. The second-order valence-electron chi connectivity index (χ2n) is 4.93. The van der Waals surface area contributed by atoms with Crippen LogP contribution in [-0.2, 0) is 0 Å². The molecule has 17 heavy (non-hydrogen) atoms. The van der Waals surface area contributed by atoms with Crippen molar-refractivity contribution in [3.8, 4) is 0 Å². The average molecular weight is 256 g/mol. The van der Waals surface area contributed by atoms with E-state index in [2.05, 4.69) is 12.2 Å². The smallest absolute Gasteiger partial charge is 0.164 e. The first-order valence-corrected chi connectivity index (χ1v) is 6.77. The van der Waals surface area contributed by atoms with Gasteiger partial charge in [-0.1, -0.05) is 36.9 Å². The zero-order chi connectivity index (χ0) is 12.3. The van der Waals surface area contributed by atoms with E-state index in [0.29, 0.717) is 17.6 Å². The standard InChI is InChI=1S/C14H19ClFN/c1-10(11-6-3-2-4-7-11)17-13-9-5-8-12(15)14(13)16/h5,8-11,17H,2-4,6-7H2,1H3. The van der Waals surface area contributed by atoms with E-state index in [1.54, 1.807) is 18.2 Å². The molecule has 3 heteroatoms. The van der Waals surface area contributed by atoms with E-state index in [9.17, 15) is 4.39 Å².